The molecule has 1 amide bonds. The molecule has 0 bridgehead atoms. The summed E-state index contributed by atoms with van der Waals surface area (Å²) in [5.41, 5.74) is 7.02. The highest BCUT2D eigenvalue weighted by atomic mass is 32.2. The highest BCUT2D eigenvalue weighted by Gasteiger charge is 2.04. The van der Waals surface area contributed by atoms with Gasteiger partial charge in [0, 0.05) is 11.4 Å². The molecule has 1 aromatic heterocycles. The van der Waals surface area contributed by atoms with Gasteiger partial charge in [0.05, 0.1) is 9.96 Å². The van der Waals surface area contributed by atoms with Crippen LogP contribution in [0.1, 0.15) is 0 Å². The molecule has 1 heterocycles. The lowest BCUT2D eigenvalue weighted by molar-refractivity contribution is -0.113. The van der Waals surface area contributed by atoms with Gasteiger partial charge < -0.3 is 11.1 Å². The van der Waals surface area contributed by atoms with Crippen molar-refractivity contribution in [3.63, 3.8) is 0 Å². The predicted octanol–water partition coefficient (Wildman–Crippen LogP) is 3.06. The van der Waals surface area contributed by atoms with Gasteiger partial charge in [0.1, 0.15) is 0 Å². The first-order valence-corrected chi connectivity index (χ1v) is 6.92. The number of nitrogen functional groups attached to an aromatic ring is 1. The van der Waals surface area contributed by atoms with Crippen LogP contribution in [0.5, 0.6) is 0 Å². The third-order valence-electron chi connectivity index (χ3n) is 2.01. The van der Waals surface area contributed by atoms with Crippen molar-refractivity contribution in [1.29, 1.82) is 0 Å². The highest BCUT2D eigenvalue weighted by molar-refractivity contribution is 8.01. The van der Waals surface area contributed by atoms with Crippen LogP contribution in [0, 0.1) is 0 Å². The van der Waals surface area contributed by atoms with Crippen LogP contribution in [-0.2, 0) is 4.79 Å². The fraction of sp³-hybridized carbons (Fsp3) is 0.0833. The van der Waals surface area contributed by atoms with Crippen molar-refractivity contribution < 1.29 is 4.79 Å². The Bertz CT molecular complexity index is 497. The maximum absolute atomic E-state index is 11.7. The van der Waals surface area contributed by atoms with Crippen LogP contribution in [0.15, 0.2) is 46.0 Å². The van der Waals surface area contributed by atoms with Crippen molar-refractivity contribution in [2.24, 2.45) is 0 Å². The SMILES string of the molecule is Nc1cccc(NC(=O)CSc2cccs2)c1. The molecule has 88 valence electrons. The predicted molar refractivity (Wildman–Crippen MR) is 74.5 cm³/mol. The van der Waals surface area contributed by atoms with E-state index in [-0.39, 0.29) is 5.91 Å². The summed E-state index contributed by atoms with van der Waals surface area (Å²) in [6.45, 7) is 0. The third kappa shape index (κ3) is 3.80. The number of nitrogens with one attached hydrogen (secondary N) is 1. The molecule has 2 rings (SSSR count). The number of hydrogen-bond donors (Lipinski definition) is 2. The van der Waals surface area contributed by atoms with E-state index in [2.05, 4.69) is 5.32 Å². The topological polar surface area (TPSA) is 55.1 Å². The van der Waals surface area contributed by atoms with Crippen molar-refractivity contribution in [2.45, 2.75) is 4.21 Å². The van der Waals surface area contributed by atoms with Gasteiger partial charge in [0.2, 0.25) is 5.91 Å². The molecule has 5 heteroatoms. The van der Waals surface area contributed by atoms with Crippen molar-refractivity contribution >= 4 is 40.4 Å². The summed E-state index contributed by atoms with van der Waals surface area (Å²) in [5.74, 6) is 0.393. The minimum atomic E-state index is -0.0194. The average molecular weight is 264 g/mol. The lowest BCUT2D eigenvalue weighted by atomic mass is 10.3. The molecule has 0 saturated carbocycles. The first kappa shape index (κ1) is 12.0. The van der Waals surface area contributed by atoms with E-state index in [0.29, 0.717) is 11.4 Å². The summed E-state index contributed by atoms with van der Waals surface area (Å²) in [4.78, 5) is 11.7. The molecule has 0 saturated heterocycles. The molecule has 0 fully saturated rings. The summed E-state index contributed by atoms with van der Waals surface area (Å²) in [5, 5.41) is 4.81. The van der Waals surface area contributed by atoms with Crippen LogP contribution in [0.3, 0.4) is 0 Å². The zero-order valence-corrected chi connectivity index (χ0v) is 10.7. The molecule has 0 radical (unpaired) electrons. The minimum absolute atomic E-state index is 0.0194. The van der Waals surface area contributed by atoms with Crippen LogP contribution in [0.4, 0.5) is 11.4 Å². The van der Waals surface area contributed by atoms with E-state index in [0.717, 1.165) is 9.90 Å². The second-order valence-corrected chi connectivity index (χ2v) is 5.62. The fourth-order valence-corrected chi connectivity index (χ4v) is 2.88. The number of benzene rings is 1. The van der Waals surface area contributed by atoms with Gasteiger partial charge in [-0.1, -0.05) is 12.1 Å². The van der Waals surface area contributed by atoms with Crippen LogP contribution in [0.2, 0.25) is 0 Å². The number of carbonyl (C=O) groups excluding carboxylic acids is 1. The summed E-state index contributed by atoms with van der Waals surface area (Å²) >= 11 is 3.17. The van der Waals surface area contributed by atoms with Crippen LogP contribution >= 0.6 is 23.1 Å². The normalized spacial score (nSPS) is 10.1. The van der Waals surface area contributed by atoms with Crippen LogP contribution < -0.4 is 11.1 Å². The van der Waals surface area contributed by atoms with E-state index in [9.17, 15) is 4.79 Å². The Kier molecular flexibility index (Phi) is 4.06. The quantitative estimate of drug-likeness (QED) is 0.659. The number of thioether (sulfide) groups is 1. The Morgan fingerprint density at radius 2 is 2.24 bits per heavy atom. The van der Waals surface area contributed by atoms with Crippen LogP contribution in [0.25, 0.3) is 0 Å². The molecule has 2 aromatic rings. The lowest BCUT2D eigenvalue weighted by Gasteiger charge is -2.04. The molecule has 0 atom stereocenters. The van der Waals surface area contributed by atoms with E-state index in [1.54, 1.807) is 23.5 Å². The Balaban J connectivity index is 1.85. The van der Waals surface area contributed by atoms with E-state index in [1.807, 2.05) is 29.6 Å². The Morgan fingerprint density at radius 1 is 1.35 bits per heavy atom. The standard InChI is InChI=1S/C12H12N2OS2/c13-9-3-1-4-10(7-9)14-11(15)8-17-12-5-2-6-16-12/h1-7H,8,13H2,(H,14,15). The number of thiophene rings is 1. The van der Waals surface area contributed by atoms with E-state index in [1.165, 1.54) is 11.8 Å². The Morgan fingerprint density at radius 3 is 2.94 bits per heavy atom. The molecular formula is C12H12N2OS2. The summed E-state index contributed by atoms with van der Waals surface area (Å²) < 4.78 is 1.15. The summed E-state index contributed by atoms with van der Waals surface area (Å²) in [6.07, 6.45) is 0. The van der Waals surface area contributed by atoms with Gasteiger partial charge >= 0.3 is 0 Å². The van der Waals surface area contributed by atoms with Crippen molar-refractivity contribution in [2.75, 3.05) is 16.8 Å². The number of nitrogens with two attached hydrogens (primary N) is 1. The van der Waals surface area contributed by atoms with E-state index < -0.39 is 0 Å². The molecule has 3 N–H and O–H groups in total. The first-order valence-electron chi connectivity index (χ1n) is 5.06. The highest BCUT2D eigenvalue weighted by Crippen LogP contribution is 2.23. The molecular weight excluding hydrogens is 252 g/mol. The third-order valence-corrected chi connectivity index (χ3v) is 4.14. The number of rotatable bonds is 4. The van der Waals surface area contributed by atoms with Crippen LogP contribution in [-0.4, -0.2) is 11.7 Å². The van der Waals surface area contributed by atoms with Gasteiger partial charge in [-0.25, -0.2) is 0 Å². The summed E-state index contributed by atoms with van der Waals surface area (Å²) in [7, 11) is 0. The van der Waals surface area contributed by atoms with Crippen molar-refractivity contribution in [3.05, 3.63) is 41.8 Å². The zero-order chi connectivity index (χ0) is 12.1. The number of amides is 1. The van der Waals surface area contributed by atoms with Gasteiger partial charge in [-0.05, 0) is 29.6 Å². The summed E-state index contributed by atoms with van der Waals surface area (Å²) in [6, 6.07) is 11.1. The average Bonchev–Trinajstić information content (AvgIpc) is 2.79. The molecule has 0 aliphatic carbocycles. The Labute approximate surface area is 108 Å². The van der Waals surface area contributed by atoms with Crippen molar-refractivity contribution in [3.8, 4) is 0 Å². The van der Waals surface area contributed by atoms with Gasteiger partial charge in [-0.3, -0.25) is 4.79 Å². The molecule has 0 aliphatic heterocycles. The van der Waals surface area contributed by atoms with Crippen molar-refractivity contribution in [1.82, 2.24) is 0 Å². The Hall–Kier alpha value is -1.46. The number of carbonyl (C=O) groups is 1. The van der Waals surface area contributed by atoms with Gasteiger partial charge in [0.15, 0.2) is 0 Å². The van der Waals surface area contributed by atoms with Gasteiger partial charge in [-0.2, -0.15) is 0 Å². The van der Waals surface area contributed by atoms with Gasteiger partial charge in [-0.15, -0.1) is 23.1 Å². The molecule has 0 unspecified atom stereocenters. The lowest BCUT2D eigenvalue weighted by Crippen LogP contribution is -2.13. The number of anilines is 2. The maximum Gasteiger partial charge on any atom is 0.234 e. The number of hydrogen-bond acceptors (Lipinski definition) is 4. The molecule has 3 nitrogen and oxygen atoms in total. The zero-order valence-electron chi connectivity index (χ0n) is 9.05. The molecule has 0 spiro atoms. The molecule has 0 aliphatic rings. The second kappa shape index (κ2) is 5.75. The largest absolute Gasteiger partial charge is 0.399 e. The van der Waals surface area contributed by atoms with E-state index >= 15 is 0 Å². The monoisotopic (exact) mass is 264 g/mol. The second-order valence-electron chi connectivity index (χ2n) is 3.39. The fourth-order valence-electron chi connectivity index (χ4n) is 1.30. The molecule has 1 aromatic carbocycles. The van der Waals surface area contributed by atoms with E-state index in [4.69, 9.17) is 5.73 Å². The minimum Gasteiger partial charge on any atom is -0.399 e. The maximum atomic E-state index is 11.7. The smallest absolute Gasteiger partial charge is 0.234 e. The first-order chi connectivity index (χ1) is 8.24. The molecule has 17 heavy (non-hydrogen) atoms. The van der Waals surface area contributed by atoms with Gasteiger partial charge in [0.25, 0.3) is 0 Å².